The molecule has 0 unspecified atom stereocenters. The van der Waals surface area contributed by atoms with Crippen molar-refractivity contribution in [1.82, 2.24) is 9.29 Å². The van der Waals surface area contributed by atoms with Gasteiger partial charge in [0.15, 0.2) is 0 Å². The number of β-lactam (4-membered cyclic amide) rings is 1. The minimum absolute atomic E-state index is 0.108. The lowest BCUT2D eigenvalue weighted by molar-refractivity contribution is -0.137. The third kappa shape index (κ3) is 2.63. The largest absolute Gasteiger partial charge is 0.311 e. The van der Waals surface area contributed by atoms with E-state index in [0.29, 0.717) is 32.5 Å². The summed E-state index contributed by atoms with van der Waals surface area (Å²) in [4.78, 5) is 18.6. The molecule has 2 saturated heterocycles. The molecule has 0 atom stereocenters. The fourth-order valence-corrected chi connectivity index (χ4v) is 5.03. The highest BCUT2D eigenvalue weighted by Gasteiger charge is 2.54. The lowest BCUT2D eigenvalue weighted by Crippen LogP contribution is -2.65. The zero-order valence-electron chi connectivity index (χ0n) is 13.7. The number of hydrogen-bond donors (Lipinski definition) is 0. The van der Waals surface area contributed by atoms with Crippen molar-refractivity contribution in [2.75, 3.05) is 24.5 Å². The standard InChI is InChI=1S/C18H19N3O3S/c22-17-18(14-21(17)15-5-2-1-3-6-15)8-11-20(12-9-18)25(23,24)16-7-4-10-19-13-16/h1-7,10,13H,8-9,11-12,14H2. The quantitative estimate of drug-likeness (QED) is 0.787. The maximum Gasteiger partial charge on any atom is 0.244 e. The Balaban J connectivity index is 1.45. The van der Waals surface area contributed by atoms with Crippen molar-refractivity contribution >= 4 is 21.6 Å². The minimum Gasteiger partial charge on any atom is -0.311 e. The van der Waals surface area contributed by atoms with Crippen LogP contribution in [-0.4, -0.2) is 43.2 Å². The van der Waals surface area contributed by atoms with E-state index in [2.05, 4.69) is 4.98 Å². The van der Waals surface area contributed by atoms with Crippen LogP contribution in [0.3, 0.4) is 0 Å². The summed E-state index contributed by atoms with van der Waals surface area (Å²) in [7, 11) is -3.53. The summed E-state index contributed by atoms with van der Waals surface area (Å²) in [6.45, 7) is 1.40. The van der Waals surface area contributed by atoms with Gasteiger partial charge in [-0.15, -0.1) is 0 Å². The molecule has 1 spiro atoms. The molecule has 4 rings (SSSR count). The predicted octanol–water partition coefficient (Wildman–Crippen LogP) is 1.90. The molecule has 6 nitrogen and oxygen atoms in total. The molecule has 0 N–H and O–H groups in total. The van der Waals surface area contributed by atoms with E-state index in [4.69, 9.17) is 0 Å². The second kappa shape index (κ2) is 5.93. The van der Waals surface area contributed by atoms with Gasteiger partial charge in [-0.05, 0) is 37.1 Å². The van der Waals surface area contributed by atoms with Crippen LogP contribution in [0.5, 0.6) is 0 Å². The number of sulfonamides is 1. The number of rotatable bonds is 3. The molecule has 25 heavy (non-hydrogen) atoms. The summed E-state index contributed by atoms with van der Waals surface area (Å²) >= 11 is 0. The topological polar surface area (TPSA) is 70.6 Å². The molecule has 2 aliphatic heterocycles. The molecular weight excluding hydrogens is 338 g/mol. The van der Waals surface area contributed by atoms with Crippen LogP contribution in [-0.2, 0) is 14.8 Å². The highest BCUT2D eigenvalue weighted by atomic mass is 32.2. The van der Waals surface area contributed by atoms with Gasteiger partial charge in [0.05, 0.1) is 5.41 Å². The Morgan fingerprint density at radius 1 is 1.00 bits per heavy atom. The number of amides is 1. The number of para-hydroxylation sites is 1. The van der Waals surface area contributed by atoms with Crippen LogP contribution in [0, 0.1) is 5.41 Å². The SMILES string of the molecule is O=C1N(c2ccccc2)CC12CCN(S(=O)(=O)c1cccnc1)CC2. The van der Waals surface area contributed by atoms with Crippen molar-refractivity contribution in [2.24, 2.45) is 5.41 Å². The van der Waals surface area contributed by atoms with E-state index in [1.54, 1.807) is 23.2 Å². The van der Waals surface area contributed by atoms with E-state index in [0.717, 1.165) is 5.69 Å². The Kier molecular flexibility index (Phi) is 3.85. The van der Waals surface area contributed by atoms with Crippen molar-refractivity contribution in [3.63, 3.8) is 0 Å². The number of pyridine rings is 1. The number of nitrogens with zero attached hydrogens (tertiary/aromatic N) is 3. The van der Waals surface area contributed by atoms with Crippen LogP contribution >= 0.6 is 0 Å². The molecule has 7 heteroatoms. The molecule has 130 valence electrons. The molecule has 1 amide bonds. The summed E-state index contributed by atoms with van der Waals surface area (Å²) in [5.41, 5.74) is 0.500. The molecule has 1 aromatic carbocycles. The van der Waals surface area contributed by atoms with Gasteiger partial charge in [0, 0.05) is 37.7 Å². The molecule has 0 radical (unpaired) electrons. The molecule has 1 aromatic heterocycles. The predicted molar refractivity (Wildman–Crippen MR) is 93.5 cm³/mol. The number of carbonyl (C=O) groups excluding carboxylic acids is 1. The van der Waals surface area contributed by atoms with Gasteiger partial charge < -0.3 is 4.90 Å². The highest BCUT2D eigenvalue weighted by molar-refractivity contribution is 7.89. The first-order chi connectivity index (χ1) is 12.0. The lowest BCUT2D eigenvalue weighted by Gasteiger charge is -2.52. The molecule has 3 heterocycles. The second-order valence-corrected chi connectivity index (χ2v) is 8.54. The summed E-state index contributed by atoms with van der Waals surface area (Å²) in [6.07, 6.45) is 4.05. The normalized spacial score (nSPS) is 20.5. The summed E-state index contributed by atoms with van der Waals surface area (Å²) in [5.74, 6) is 0.108. The summed E-state index contributed by atoms with van der Waals surface area (Å²) < 4.78 is 26.8. The molecule has 0 bridgehead atoms. The van der Waals surface area contributed by atoms with E-state index in [-0.39, 0.29) is 10.8 Å². The fourth-order valence-electron chi connectivity index (χ4n) is 3.63. The Morgan fingerprint density at radius 3 is 2.32 bits per heavy atom. The van der Waals surface area contributed by atoms with Crippen molar-refractivity contribution in [3.05, 3.63) is 54.9 Å². The number of hydrogen-bond acceptors (Lipinski definition) is 4. The van der Waals surface area contributed by atoms with Gasteiger partial charge in [-0.1, -0.05) is 18.2 Å². The Morgan fingerprint density at radius 2 is 1.72 bits per heavy atom. The van der Waals surface area contributed by atoms with Gasteiger partial charge in [0.1, 0.15) is 4.90 Å². The molecule has 2 aromatic rings. The van der Waals surface area contributed by atoms with Gasteiger partial charge in [-0.25, -0.2) is 8.42 Å². The molecule has 0 aliphatic carbocycles. The first-order valence-electron chi connectivity index (χ1n) is 8.30. The van der Waals surface area contributed by atoms with Gasteiger partial charge >= 0.3 is 0 Å². The smallest absolute Gasteiger partial charge is 0.244 e. The zero-order chi connectivity index (χ0) is 17.5. The molecular formula is C18H19N3O3S. The average Bonchev–Trinajstić information content (AvgIpc) is 2.67. The van der Waals surface area contributed by atoms with Crippen LogP contribution in [0.4, 0.5) is 5.69 Å². The third-order valence-electron chi connectivity index (χ3n) is 5.18. The van der Waals surface area contributed by atoms with E-state index in [1.165, 1.54) is 10.5 Å². The van der Waals surface area contributed by atoms with Crippen molar-refractivity contribution in [3.8, 4) is 0 Å². The molecule has 0 saturated carbocycles. The highest BCUT2D eigenvalue weighted by Crippen LogP contribution is 2.44. The monoisotopic (exact) mass is 357 g/mol. The van der Waals surface area contributed by atoms with E-state index < -0.39 is 15.4 Å². The first-order valence-corrected chi connectivity index (χ1v) is 9.74. The first kappa shape index (κ1) is 16.2. The van der Waals surface area contributed by atoms with Gasteiger partial charge in [0.2, 0.25) is 15.9 Å². The van der Waals surface area contributed by atoms with Crippen molar-refractivity contribution in [2.45, 2.75) is 17.7 Å². The number of aromatic nitrogens is 1. The van der Waals surface area contributed by atoms with Crippen molar-refractivity contribution in [1.29, 1.82) is 0 Å². The second-order valence-electron chi connectivity index (χ2n) is 6.60. The Labute approximate surface area is 147 Å². The van der Waals surface area contributed by atoms with Crippen LogP contribution in [0.25, 0.3) is 0 Å². The fraction of sp³-hybridized carbons (Fsp3) is 0.333. The summed E-state index contributed by atoms with van der Waals surface area (Å²) in [6, 6.07) is 12.8. The Hall–Kier alpha value is -2.25. The minimum atomic E-state index is -3.53. The van der Waals surface area contributed by atoms with E-state index >= 15 is 0 Å². The maximum absolute atomic E-state index is 12.7. The van der Waals surface area contributed by atoms with Crippen LogP contribution in [0.1, 0.15) is 12.8 Å². The van der Waals surface area contributed by atoms with E-state index in [1.807, 2.05) is 30.3 Å². The van der Waals surface area contributed by atoms with Gasteiger partial charge in [-0.2, -0.15) is 4.31 Å². The number of carbonyl (C=O) groups is 1. The lowest BCUT2D eigenvalue weighted by atomic mass is 9.71. The van der Waals surface area contributed by atoms with Crippen molar-refractivity contribution < 1.29 is 13.2 Å². The van der Waals surface area contributed by atoms with Gasteiger partial charge in [-0.3, -0.25) is 9.78 Å². The van der Waals surface area contributed by atoms with Crippen LogP contribution in [0.15, 0.2) is 59.8 Å². The average molecular weight is 357 g/mol. The third-order valence-corrected chi connectivity index (χ3v) is 7.06. The Bertz CT molecular complexity index is 876. The molecule has 2 fully saturated rings. The van der Waals surface area contributed by atoms with Crippen LogP contribution < -0.4 is 4.90 Å². The van der Waals surface area contributed by atoms with E-state index in [9.17, 15) is 13.2 Å². The zero-order valence-corrected chi connectivity index (χ0v) is 14.5. The summed E-state index contributed by atoms with van der Waals surface area (Å²) in [5, 5.41) is 0. The number of anilines is 1. The maximum atomic E-state index is 12.7. The number of benzene rings is 1. The molecule has 2 aliphatic rings. The number of piperidine rings is 1. The van der Waals surface area contributed by atoms with Crippen LogP contribution in [0.2, 0.25) is 0 Å². The van der Waals surface area contributed by atoms with Gasteiger partial charge in [0.25, 0.3) is 0 Å².